The van der Waals surface area contributed by atoms with E-state index in [2.05, 4.69) is 15.6 Å². The second-order valence-electron chi connectivity index (χ2n) is 5.64. The number of hydrogen-bond acceptors (Lipinski definition) is 4. The number of halogens is 1. The van der Waals surface area contributed by atoms with Gasteiger partial charge in [-0.1, -0.05) is 16.8 Å². The molecule has 2 heterocycles. The normalized spacial score (nSPS) is 11.8. The predicted octanol–water partition coefficient (Wildman–Crippen LogP) is 4.54. The van der Waals surface area contributed by atoms with Crippen LogP contribution in [0.25, 0.3) is 16.6 Å². The average Bonchev–Trinajstić information content (AvgIpc) is 3.14. The summed E-state index contributed by atoms with van der Waals surface area (Å²) in [5.41, 5.74) is 16.8. The Hall–Kier alpha value is -3.45. The van der Waals surface area contributed by atoms with Gasteiger partial charge < -0.3 is 15.5 Å². The number of aromatic nitrogens is 2. The second-order valence-corrected chi connectivity index (χ2v) is 6.08. The van der Waals surface area contributed by atoms with E-state index in [1.165, 1.54) is 0 Å². The third-order valence-electron chi connectivity index (χ3n) is 4.02. The smallest absolute Gasteiger partial charge is 0.155 e. The molecule has 2 aromatic heterocycles. The Morgan fingerprint density at radius 2 is 1.92 bits per heavy atom. The molecular formula is C18H14ClN7. The van der Waals surface area contributed by atoms with Crippen molar-refractivity contribution in [2.24, 2.45) is 16.1 Å². The summed E-state index contributed by atoms with van der Waals surface area (Å²) < 4.78 is 2.05. The van der Waals surface area contributed by atoms with Gasteiger partial charge in [0.25, 0.3) is 0 Å². The van der Waals surface area contributed by atoms with Crippen molar-refractivity contribution >= 4 is 45.5 Å². The monoisotopic (exact) mass is 363 g/mol. The van der Waals surface area contributed by atoms with Gasteiger partial charge in [0.05, 0.1) is 16.6 Å². The van der Waals surface area contributed by atoms with E-state index in [0.717, 1.165) is 22.2 Å². The molecule has 4 aromatic rings. The van der Waals surface area contributed by atoms with Crippen LogP contribution in [0.15, 0.2) is 71.1 Å². The van der Waals surface area contributed by atoms with E-state index in [-0.39, 0.29) is 5.84 Å². The Kier molecular flexibility index (Phi) is 3.98. The van der Waals surface area contributed by atoms with Crippen LogP contribution in [0.2, 0.25) is 5.02 Å². The van der Waals surface area contributed by atoms with E-state index in [1.807, 2.05) is 65.2 Å². The topological polar surface area (TPSA) is 104 Å². The van der Waals surface area contributed by atoms with Crippen LogP contribution in [-0.4, -0.2) is 15.2 Å². The van der Waals surface area contributed by atoms with Crippen molar-refractivity contribution in [1.82, 2.24) is 9.38 Å². The van der Waals surface area contributed by atoms with E-state index in [4.69, 9.17) is 27.8 Å². The molecule has 0 aliphatic carbocycles. The van der Waals surface area contributed by atoms with Crippen molar-refractivity contribution in [2.75, 3.05) is 5.32 Å². The molecule has 0 aliphatic heterocycles. The number of hydrogen-bond donors (Lipinski definition) is 3. The number of nitrogens with two attached hydrogens (primary N) is 1. The molecule has 0 saturated heterocycles. The number of rotatable bonds is 4. The molecule has 4 rings (SSSR count). The molecule has 7 nitrogen and oxygen atoms in total. The SMILES string of the molecule is N=N/N=C(\N)c1ccc2c(c1)nc(Nc1ccc(Cl)cc1)c1cccn12. The van der Waals surface area contributed by atoms with Crippen LogP contribution in [0.4, 0.5) is 11.5 Å². The van der Waals surface area contributed by atoms with E-state index < -0.39 is 0 Å². The summed E-state index contributed by atoms with van der Waals surface area (Å²) in [6.07, 6.45) is 1.97. The summed E-state index contributed by atoms with van der Waals surface area (Å²) in [6, 6.07) is 17.0. The maximum Gasteiger partial charge on any atom is 0.155 e. The van der Waals surface area contributed by atoms with E-state index in [1.54, 1.807) is 0 Å². The molecular weight excluding hydrogens is 350 g/mol. The molecule has 8 heteroatoms. The lowest BCUT2D eigenvalue weighted by Gasteiger charge is -2.11. The van der Waals surface area contributed by atoms with Gasteiger partial charge in [-0.15, -0.1) is 5.10 Å². The fourth-order valence-corrected chi connectivity index (χ4v) is 2.94. The van der Waals surface area contributed by atoms with Crippen molar-refractivity contribution in [3.8, 4) is 0 Å². The highest BCUT2D eigenvalue weighted by atomic mass is 35.5. The standard InChI is InChI=1S/C18H14ClN7/c19-12-4-6-13(7-5-12)22-18-16-2-1-9-26(16)15-8-3-11(10-14(15)23-18)17(20)24-25-21/h1-10H,(H,22,23)(H3,20,21,24). The van der Waals surface area contributed by atoms with Crippen molar-refractivity contribution in [3.63, 3.8) is 0 Å². The molecule has 0 bridgehead atoms. The van der Waals surface area contributed by atoms with Gasteiger partial charge >= 0.3 is 0 Å². The third kappa shape index (κ3) is 2.84. The summed E-state index contributed by atoms with van der Waals surface area (Å²) in [5, 5.41) is 10.6. The van der Waals surface area contributed by atoms with Gasteiger partial charge in [0.1, 0.15) is 0 Å². The number of anilines is 2. The van der Waals surface area contributed by atoms with Gasteiger partial charge in [-0.3, -0.25) is 0 Å². The third-order valence-corrected chi connectivity index (χ3v) is 4.27. The molecule has 0 saturated carbocycles. The first kappa shape index (κ1) is 16.0. The fourth-order valence-electron chi connectivity index (χ4n) is 2.81. The predicted molar refractivity (Wildman–Crippen MR) is 103 cm³/mol. The highest BCUT2D eigenvalue weighted by molar-refractivity contribution is 6.30. The Morgan fingerprint density at radius 3 is 2.69 bits per heavy atom. The quantitative estimate of drug-likeness (QED) is 0.214. The van der Waals surface area contributed by atoms with Crippen LogP contribution in [0.1, 0.15) is 5.56 Å². The van der Waals surface area contributed by atoms with Gasteiger partial charge in [0.2, 0.25) is 0 Å². The minimum atomic E-state index is 0.170. The zero-order chi connectivity index (χ0) is 18.1. The molecule has 0 fully saturated rings. The van der Waals surface area contributed by atoms with Crippen LogP contribution in [-0.2, 0) is 0 Å². The van der Waals surface area contributed by atoms with Gasteiger partial charge in [-0.05, 0) is 54.6 Å². The minimum Gasteiger partial charge on any atom is -0.382 e. The van der Waals surface area contributed by atoms with Crippen LogP contribution < -0.4 is 11.1 Å². The highest BCUT2D eigenvalue weighted by Gasteiger charge is 2.10. The zero-order valence-corrected chi connectivity index (χ0v) is 14.3. The van der Waals surface area contributed by atoms with Gasteiger partial charge in [-0.25, -0.2) is 4.98 Å². The van der Waals surface area contributed by atoms with Gasteiger partial charge in [-0.2, -0.15) is 5.53 Å². The first-order chi connectivity index (χ1) is 12.7. The Morgan fingerprint density at radius 1 is 1.12 bits per heavy atom. The van der Waals surface area contributed by atoms with Crippen molar-refractivity contribution in [3.05, 3.63) is 71.4 Å². The largest absolute Gasteiger partial charge is 0.382 e. The number of fused-ring (bicyclic) bond motifs is 3. The summed E-state index contributed by atoms with van der Waals surface area (Å²) in [7, 11) is 0. The van der Waals surface area contributed by atoms with Crippen LogP contribution >= 0.6 is 11.6 Å². The van der Waals surface area contributed by atoms with Gasteiger partial charge in [0.15, 0.2) is 11.7 Å². The van der Waals surface area contributed by atoms with E-state index >= 15 is 0 Å². The Balaban J connectivity index is 1.87. The van der Waals surface area contributed by atoms with Crippen LogP contribution in [0, 0.1) is 5.53 Å². The van der Waals surface area contributed by atoms with Gasteiger partial charge in [0, 0.05) is 22.5 Å². The fraction of sp³-hybridized carbons (Fsp3) is 0. The lowest BCUT2D eigenvalue weighted by molar-refractivity contribution is 0.986. The highest BCUT2D eigenvalue weighted by Crippen LogP contribution is 2.26. The molecule has 128 valence electrons. The summed E-state index contributed by atoms with van der Waals surface area (Å²) in [6.45, 7) is 0. The van der Waals surface area contributed by atoms with E-state index in [0.29, 0.717) is 16.4 Å². The van der Waals surface area contributed by atoms with Crippen molar-refractivity contribution < 1.29 is 0 Å². The maximum atomic E-state index is 6.82. The number of benzene rings is 2. The van der Waals surface area contributed by atoms with E-state index in [9.17, 15) is 0 Å². The zero-order valence-electron chi connectivity index (χ0n) is 13.5. The van der Waals surface area contributed by atoms with Crippen LogP contribution in [0.5, 0.6) is 0 Å². The van der Waals surface area contributed by atoms with Crippen molar-refractivity contribution in [2.45, 2.75) is 0 Å². The number of nitrogens with zero attached hydrogens (tertiary/aromatic N) is 4. The first-order valence-corrected chi connectivity index (χ1v) is 8.17. The second kappa shape index (κ2) is 6.45. The Labute approximate surface area is 153 Å². The first-order valence-electron chi connectivity index (χ1n) is 7.79. The van der Waals surface area contributed by atoms with Crippen molar-refractivity contribution in [1.29, 1.82) is 5.53 Å². The summed E-state index contributed by atoms with van der Waals surface area (Å²) >= 11 is 5.95. The molecule has 4 N–H and O–H groups in total. The molecule has 0 spiro atoms. The lowest BCUT2D eigenvalue weighted by atomic mass is 10.1. The average molecular weight is 364 g/mol. The molecule has 26 heavy (non-hydrogen) atoms. The molecule has 0 unspecified atom stereocenters. The molecule has 0 aliphatic rings. The molecule has 0 atom stereocenters. The lowest BCUT2D eigenvalue weighted by Crippen LogP contribution is -2.12. The Bertz CT molecular complexity index is 1150. The summed E-state index contributed by atoms with van der Waals surface area (Å²) in [5.74, 6) is 0.881. The number of amidine groups is 1. The summed E-state index contributed by atoms with van der Waals surface area (Å²) in [4.78, 5) is 4.74. The number of nitrogens with one attached hydrogen (secondary N) is 2. The molecule has 2 aromatic carbocycles. The maximum absolute atomic E-state index is 6.82. The molecule has 0 amide bonds. The minimum absolute atomic E-state index is 0.170. The van der Waals surface area contributed by atoms with Crippen LogP contribution in [0.3, 0.4) is 0 Å². The molecule has 0 radical (unpaired) electrons.